The zero-order valence-corrected chi connectivity index (χ0v) is 37.9. The fourth-order valence-corrected chi connectivity index (χ4v) is 7.47. The van der Waals surface area contributed by atoms with E-state index >= 15 is 0 Å². The summed E-state index contributed by atoms with van der Waals surface area (Å²) >= 11 is 0. The lowest BCUT2D eigenvalue weighted by atomic mass is 10.00. The van der Waals surface area contributed by atoms with Crippen LogP contribution in [0.3, 0.4) is 0 Å². The van der Waals surface area contributed by atoms with Crippen LogP contribution in [0.1, 0.15) is 181 Å². The minimum atomic E-state index is -4.61. The van der Waals surface area contributed by atoms with Crippen LogP contribution >= 0.6 is 0 Å². The fraction of sp³-hybridized carbons (Fsp3) is 0.787. The zero-order chi connectivity index (χ0) is 44.1. The lowest BCUT2D eigenvalue weighted by molar-refractivity contribution is -0.297. The Morgan fingerprint density at radius 3 is 1.52 bits per heavy atom. The van der Waals surface area contributed by atoms with Gasteiger partial charge in [0.05, 0.1) is 6.61 Å². The lowest BCUT2D eigenvalue weighted by Gasteiger charge is -2.40. The molecule has 13 heteroatoms. The largest absolute Gasteiger partial charge is 0.462 e. The molecule has 1 aliphatic heterocycles. The average molecular weight is 871 g/mol. The first kappa shape index (κ1) is 55.6. The summed E-state index contributed by atoms with van der Waals surface area (Å²) in [6, 6.07) is 0. The minimum absolute atomic E-state index is 0.158. The molecule has 0 bridgehead atoms. The summed E-state index contributed by atoms with van der Waals surface area (Å²) in [7, 11) is -4.61. The highest BCUT2D eigenvalue weighted by Gasteiger charge is 2.46. The van der Waals surface area contributed by atoms with E-state index in [9.17, 15) is 37.9 Å². The minimum Gasteiger partial charge on any atom is -0.462 e. The molecule has 6 atom stereocenters. The highest BCUT2D eigenvalue weighted by molar-refractivity contribution is 7.85. The first-order chi connectivity index (χ1) is 29.0. The SMILES string of the molecule is CCCCC/C=C/C/C=C/C/C=C/C/C=C/CCCCCC(=O)OC[C@H](CO[C@H]1O[C@H](CS(=O)(=O)O)[C@@H](O)C(O)C1O)OC(=O)CCCCCCCCCCCCCCC. The Morgan fingerprint density at radius 2 is 1.00 bits per heavy atom. The maximum absolute atomic E-state index is 12.8. The van der Waals surface area contributed by atoms with Crippen LogP contribution in [0.25, 0.3) is 0 Å². The molecule has 60 heavy (non-hydrogen) atoms. The number of aliphatic hydroxyl groups excluding tert-OH is 3. The van der Waals surface area contributed by atoms with E-state index in [1.807, 2.05) is 0 Å². The molecule has 0 saturated carbocycles. The number of aliphatic hydroxyl groups is 3. The van der Waals surface area contributed by atoms with E-state index in [4.69, 9.17) is 18.9 Å². The van der Waals surface area contributed by atoms with Gasteiger partial charge >= 0.3 is 11.9 Å². The molecule has 348 valence electrons. The van der Waals surface area contributed by atoms with E-state index in [0.29, 0.717) is 12.8 Å². The maximum atomic E-state index is 12.8. The van der Waals surface area contributed by atoms with Crippen molar-refractivity contribution in [1.29, 1.82) is 0 Å². The van der Waals surface area contributed by atoms with Gasteiger partial charge in [0.2, 0.25) is 0 Å². The molecular weight excluding hydrogens is 789 g/mol. The molecule has 0 aromatic heterocycles. The van der Waals surface area contributed by atoms with E-state index < -0.39 is 71.2 Å². The van der Waals surface area contributed by atoms with Crippen molar-refractivity contribution < 1.29 is 56.8 Å². The third-order valence-electron chi connectivity index (χ3n) is 10.4. The Balaban J connectivity index is 2.45. The van der Waals surface area contributed by atoms with Gasteiger partial charge < -0.3 is 34.3 Å². The molecule has 0 aromatic rings. The lowest BCUT2D eigenvalue weighted by Crippen LogP contribution is -2.60. The molecule has 1 saturated heterocycles. The predicted molar refractivity (Wildman–Crippen MR) is 238 cm³/mol. The van der Waals surface area contributed by atoms with Crippen LogP contribution in [0, 0.1) is 0 Å². The van der Waals surface area contributed by atoms with Gasteiger partial charge in [-0.2, -0.15) is 8.42 Å². The Hall–Kier alpha value is -2.39. The van der Waals surface area contributed by atoms with Gasteiger partial charge in [0.1, 0.15) is 36.8 Å². The van der Waals surface area contributed by atoms with Crippen molar-refractivity contribution in [2.24, 2.45) is 0 Å². The summed E-state index contributed by atoms with van der Waals surface area (Å²) in [4.78, 5) is 25.4. The van der Waals surface area contributed by atoms with Crippen molar-refractivity contribution in [2.45, 2.75) is 218 Å². The predicted octanol–water partition coefficient (Wildman–Crippen LogP) is 9.56. The van der Waals surface area contributed by atoms with Crippen LogP contribution in [-0.2, 0) is 38.7 Å². The molecule has 0 radical (unpaired) electrons. The second kappa shape index (κ2) is 37.2. The van der Waals surface area contributed by atoms with Crippen LogP contribution in [0.2, 0.25) is 0 Å². The quantitative estimate of drug-likeness (QED) is 0.0200. The van der Waals surface area contributed by atoms with E-state index in [0.717, 1.165) is 57.8 Å². The van der Waals surface area contributed by atoms with Gasteiger partial charge in [0, 0.05) is 12.8 Å². The first-order valence-corrected chi connectivity index (χ1v) is 24.8. The molecule has 1 aliphatic rings. The highest BCUT2D eigenvalue weighted by Crippen LogP contribution is 2.24. The smallest absolute Gasteiger partial charge is 0.306 e. The number of hydrogen-bond donors (Lipinski definition) is 4. The first-order valence-electron chi connectivity index (χ1n) is 23.2. The maximum Gasteiger partial charge on any atom is 0.306 e. The number of carbonyl (C=O) groups is 2. The summed E-state index contributed by atoms with van der Waals surface area (Å²) in [5, 5.41) is 30.9. The van der Waals surface area contributed by atoms with Crippen LogP contribution in [0.5, 0.6) is 0 Å². The molecular formula is C47H82O12S. The third-order valence-corrected chi connectivity index (χ3v) is 11.2. The van der Waals surface area contributed by atoms with E-state index in [1.165, 1.54) is 83.5 Å². The van der Waals surface area contributed by atoms with Crippen molar-refractivity contribution >= 4 is 22.1 Å². The third kappa shape index (κ3) is 31.5. The summed E-state index contributed by atoms with van der Waals surface area (Å²) < 4.78 is 54.0. The molecule has 2 unspecified atom stereocenters. The second-order valence-electron chi connectivity index (χ2n) is 16.1. The monoisotopic (exact) mass is 871 g/mol. The number of carbonyl (C=O) groups excluding carboxylic acids is 2. The molecule has 12 nitrogen and oxygen atoms in total. The second-order valence-corrected chi connectivity index (χ2v) is 17.6. The Labute approximate surface area is 363 Å². The number of hydrogen-bond acceptors (Lipinski definition) is 11. The van der Waals surface area contributed by atoms with Crippen molar-refractivity contribution in [3.8, 4) is 0 Å². The van der Waals surface area contributed by atoms with Crippen LogP contribution in [-0.4, -0.2) is 96.0 Å². The Bertz CT molecular complexity index is 1300. The molecule has 4 N–H and O–H groups in total. The molecule has 0 aliphatic carbocycles. The molecule has 0 spiro atoms. The van der Waals surface area contributed by atoms with Crippen molar-refractivity contribution in [1.82, 2.24) is 0 Å². The fourth-order valence-electron chi connectivity index (χ4n) is 6.78. The van der Waals surface area contributed by atoms with Gasteiger partial charge in [-0.1, -0.05) is 159 Å². The Kier molecular flexibility index (Phi) is 34.5. The van der Waals surface area contributed by atoms with E-state index in [-0.39, 0.29) is 19.4 Å². The van der Waals surface area contributed by atoms with Crippen LogP contribution < -0.4 is 0 Å². The van der Waals surface area contributed by atoms with E-state index in [1.54, 1.807) is 0 Å². The number of ether oxygens (including phenoxy) is 4. The number of allylic oxidation sites excluding steroid dienone is 8. The van der Waals surface area contributed by atoms with Crippen molar-refractivity contribution in [2.75, 3.05) is 19.0 Å². The summed E-state index contributed by atoms with van der Waals surface area (Å²) in [6.45, 7) is 3.70. The summed E-state index contributed by atoms with van der Waals surface area (Å²) in [5.74, 6) is -2.02. The van der Waals surface area contributed by atoms with Gasteiger partial charge in [-0.05, 0) is 57.8 Å². The molecule has 1 rings (SSSR count). The highest BCUT2D eigenvalue weighted by atomic mass is 32.2. The molecule has 0 aromatic carbocycles. The molecule has 0 amide bonds. The van der Waals surface area contributed by atoms with Gasteiger partial charge in [0.25, 0.3) is 10.1 Å². The number of rotatable bonds is 38. The average Bonchev–Trinajstić information content (AvgIpc) is 3.21. The van der Waals surface area contributed by atoms with Crippen LogP contribution in [0.4, 0.5) is 0 Å². The normalized spacial score (nSPS) is 20.5. The zero-order valence-electron chi connectivity index (χ0n) is 37.1. The molecule has 1 fully saturated rings. The van der Waals surface area contributed by atoms with Gasteiger partial charge in [-0.3, -0.25) is 14.1 Å². The van der Waals surface area contributed by atoms with Crippen molar-refractivity contribution in [3.05, 3.63) is 48.6 Å². The van der Waals surface area contributed by atoms with Gasteiger partial charge in [-0.25, -0.2) is 0 Å². The number of esters is 2. The van der Waals surface area contributed by atoms with Gasteiger partial charge in [0.15, 0.2) is 12.4 Å². The van der Waals surface area contributed by atoms with Crippen molar-refractivity contribution in [3.63, 3.8) is 0 Å². The van der Waals surface area contributed by atoms with Crippen LogP contribution in [0.15, 0.2) is 48.6 Å². The topological polar surface area (TPSA) is 186 Å². The van der Waals surface area contributed by atoms with E-state index in [2.05, 4.69) is 62.5 Å². The standard InChI is InChI=1S/C47H82O12S/c1-3-5-7-9-11-13-15-17-18-19-20-21-22-24-25-27-29-31-33-35-42(48)56-37-40(38-57-47-46(52)45(51)44(50)41(59-47)39-60(53,54)55)58-43(49)36-34-32-30-28-26-23-16-14-12-10-8-6-4-2/h11,13,17-18,20-21,24-25,40-41,44-47,50-52H,3-10,12,14-16,19,22-23,26-39H2,1-2H3,(H,53,54,55)/b13-11+,18-17+,21-20+,25-24+/t40-,41-,44-,45?,46?,47+/m1/s1. The summed E-state index contributed by atoms with van der Waals surface area (Å²) in [6.07, 6.45) is 34.4. The Morgan fingerprint density at radius 1 is 0.567 bits per heavy atom. The molecule has 1 heterocycles. The summed E-state index contributed by atoms with van der Waals surface area (Å²) in [5.41, 5.74) is 0. The number of unbranched alkanes of at least 4 members (excludes halogenated alkanes) is 18. The van der Waals surface area contributed by atoms with Gasteiger partial charge in [-0.15, -0.1) is 0 Å².